The number of rotatable bonds is 4. The van der Waals surface area contributed by atoms with E-state index in [4.69, 9.17) is 20.0 Å². The van der Waals surface area contributed by atoms with Crippen LogP contribution in [-0.4, -0.2) is 22.8 Å². The molecular formula is C50H48N4. The molecule has 268 valence electrons. The van der Waals surface area contributed by atoms with Crippen molar-refractivity contribution in [2.45, 2.75) is 83.1 Å². The van der Waals surface area contributed by atoms with Gasteiger partial charge in [0, 0.05) is 33.0 Å². The van der Waals surface area contributed by atoms with Crippen LogP contribution in [0.15, 0.2) is 92.8 Å². The Balaban J connectivity index is 1.47. The van der Waals surface area contributed by atoms with Crippen LogP contribution < -0.4 is 0 Å². The number of benzene rings is 6. The average Bonchev–Trinajstić information content (AvgIpc) is 3.54. The van der Waals surface area contributed by atoms with Crippen LogP contribution in [0.2, 0.25) is 0 Å². The fourth-order valence-corrected chi connectivity index (χ4v) is 9.09. The van der Waals surface area contributed by atoms with E-state index in [2.05, 4.69) is 156 Å². The Morgan fingerprint density at radius 3 is 0.593 bits per heavy atom. The molecule has 0 aliphatic heterocycles. The minimum atomic E-state index is 0.905. The smallest absolute Gasteiger partial charge is 0.0979 e. The van der Waals surface area contributed by atoms with Crippen molar-refractivity contribution in [3.8, 4) is 0 Å². The normalized spacial score (nSPS) is 16.3. The maximum Gasteiger partial charge on any atom is 0.0979 e. The first-order valence-electron chi connectivity index (χ1n) is 19.0. The summed E-state index contributed by atoms with van der Waals surface area (Å²) in [7, 11) is 0. The summed E-state index contributed by atoms with van der Waals surface area (Å²) in [5.41, 5.74) is 26.2. The van der Waals surface area contributed by atoms with Gasteiger partial charge in [-0.15, -0.1) is 0 Å². The molecular weight excluding hydrogens is 657 g/mol. The monoisotopic (exact) mass is 704 g/mol. The van der Waals surface area contributed by atoms with Gasteiger partial charge in [-0.2, -0.15) is 0 Å². The summed E-state index contributed by atoms with van der Waals surface area (Å²) >= 11 is 0. The molecule has 4 heteroatoms. The molecule has 0 bridgehead atoms. The van der Waals surface area contributed by atoms with Gasteiger partial charge in [0.05, 0.1) is 45.6 Å². The Labute approximate surface area is 320 Å². The minimum Gasteiger partial charge on any atom is -0.246 e. The summed E-state index contributed by atoms with van der Waals surface area (Å²) < 4.78 is 0. The number of hydrogen-bond donors (Lipinski definition) is 0. The van der Waals surface area contributed by atoms with E-state index in [9.17, 15) is 0 Å². The van der Waals surface area contributed by atoms with Gasteiger partial charge < -0.3 is 0 Å². The van der Waals surface area contributed by atoms with E-state index in [1.54, 1.807) is 0 Å². The van der Waals surface area contributed by atoms with Crippen LogP contribution in [0, 0.1) is 83.1 Å². The topological polar surface area (TPSA) is 49.4 Å². The molecule has 0 saturated carbocycles. The average molecular weight is 705 g/mol. The third-order valence-corrected chi connectivity index (χ3v) is 11.1. The van der Waals surface area contributed by atoms with Crippen molar-refractivity contribution in [1.82, 2.24) is 0 Å². The quantitative estimate of drug-likeness (QED) is 0.175. The highest BCUT2D eigenvalue weighted by molar-refractivity contribution is 6.66. The molecule has 0 N–H and O–H groups in total. The highest BCUT2D eigenvalue weighted by Crippen LogP contribution is 2.44. The van der Waals surface area contributed by atoms with Gasteiger partial charge in [0.15, 0.2) is 0 Å². The lowest BCUT2D eigenvalue weighted by molar-refractivity contribution is 1.28. The molecule has 0 heterocycles. The molecule has 0 fully saturated rings. The second kappa shape index (κ2) is 13.0. The SMILES string of the molecule is Cc1cc(C)c(N=C2C(=Nc3c(C)cc(C)cc3C)c3ccc4c5c(ccc2c35)C(=Nc2c(C)cc(C)cc2C)C4=Nc2c(C)cc(C)cc2C)c(C)c1. The first kappa shape index (κ1) is 35.3. The molecule has 0 spiro atoms. The number of aryl methyl sites for hydroxylation is 12. The van der Waals surface area contributed by atoms with E-state index in [0.717, 1.165) is 112 Å². The molecule has 8 rings (SSSR count). The Morgan fingerprint density at radius 1 is 0.259 bits per heavy atom. The fraction of sp³-hybridized carbons (Fsp3) is 0.240. The molecule has 0 unspecified atom stereocenters. The Morgan fingerprint density at radius 2 is 0.426 bits per heavy atom. The van der Waals surface area contributed by atoms with Gasteiger partial charge >= 0.3 is 0 Å². The first-order chi connectivity index (χ1) is 25.7. The van der Waals surface area contributed by atoms with Crippen molar-refractivity contribution in [2.75, 3.05) is 0 Å². The van der Waals surface area contributed by atoms with E-state index >= 15 is 0 Å². The van der Waals surface area contributed by atoms with E-state index in [1.807, 2.05) is 0 Å². The molecule has 6 aromatic rings. The Kier molecular flexibility index (Phi) is 8.49. The Bertz CT molecular complexity index is 2300. The summed E-state index contributed by atoms with van der Waals surface area (Å²) in [5, 5.41) is 2.33. The molecule has 0 atom stereocenters. The van der Waals surface area contributed by atoms with Crippen molar-refractivity contribution in [2.24, 2.45) is 20.0 Å². The second-order valence-corrected chi connectivity index (χ2v) is 15.9. The summed E-state index contributed by atoms with van der Waals surface area (Å²) in [6.07, 6.45) is 0. The van der Waals surface area contributed by atoms with Crippen molar-refractivity contribution in [3.05, 3.63) is 162 Å². The highest BCUT2D eigenvalue weighted by Gasteiger charge is 2.36. The lowest BCUT2D eigenvalue weighted by atomic mass is 9.99. The van der Waals surface area contributed by atoms with Crippen LogP contribution >= 0.6 is 0 Å². The zero-order valence-electron chi connectivity index (χ0n) is 33.7. The van der Waals surface area contributed by atoms with Gasteiger partial charge in [0.25, 0.3) is 0 Å². The van der Waals surface area contributed by atoms with Gasteiger partial charge in [0.1, 0.15) is 0 Å². The predicted octanol–water partition coefficient (Wildman–Crippen LogP) is 13.1. The van der Waals surface area contributed by atoms with Crippen LogP contribution in [0.1, 0.15) is 89.0 Å². The maximum atomic E-state index is 5.53. The molecule has 2 aliphatic rings. The van der Waals surface area contributed by atoms with E-state index < -0.39 is 0 Å². The van der Waals surface area contributed by atoms with Gasteiger partial charge in [-0.3, -0.25) is 0 Å². The number of nitrogens with zero attached hydrogens (tertiary/aromatic N) is 4. The van der Waals surface area contributed by atoms with Crippen LogP contribution in [0.5, 0.6) is 0 Å². The molecule has 54 heavy (non-hydrogen) atoms. The van der Waals surface area contributed by atoms with Crippen LogP contribution in [0.4, 0.5) is 22.7 Å². The lowest BCUT2D eigenvalue weighted by Gasteiger charge is -2.12. The van der Waals surface area contributed by atoms with Crippen LogP contribution in [0.25, 0.3) is 10.8 Å². The summed E-state index contributed by atoms with van der Waals surface area (Å²) in [6.45, 7) is 25.9. The summed E-state index contributed by atoms with van der Waals surface area (Å²) in [4.78, 5) is 22.1. The van der Waals surface area contributed by atoms with E-state index in [0.29, 0.717) is 0 Å². The zero-order valence-corrected chi connectivity index (χ0v) is 33.7. The lowest BCUT2D eigenvalue weighted by Crippen LogP contribution is -2.13. The minimum absolute atomic E-state index is 0.905. The van der Waals surface area contributed by atoms with Gasteiger partial charge in [0.2, 0.25) is 0 Å². The molecule has 0 amide bonds. The van der Waals surface area contributed by atoms with Crippen molar-refractivity contribution in [3.63, 3.8) is 0 Å². The first-order valence-corrected chi connectivity index (χ1v) is 19.0. The zero-order chi connectivity index (χ0) is 38.3. The molecule has 2 aliphatic carbocycles. The second-order valence-electron chi connectivity index (χ2n) is 15.9. The largest absolute Gasteiger partial charge is 0.246 e. The van der Waals surface area contributed by atoms with Crippen molar-refractivity contribution >= 4 is 56.4 Å². The van der Waals surface area contributed by atoms with E-state index in [-0.39, 0.29) is 0 Å². The maximum absolute atomic E-state index is 5.53. The van der Waals surface area contributed by atoms with Crippen molar-refractivity contribution < 1.29 is 0 Å². The standard InChI is InChI=1S/C50H48N4/c1-25-17-29(5)43(30(6)18-25)51-47-37-13-14-39-42-40(16-15-38(41(37)42)48(47)52-44-31(7)19-26(2)20-32(44)8)50(54-46-35(11)23-28(4)24-36(46)12)49(39)53-45-33(9)21-27(3)22-34(45)10/h13-24H,1-12H3. The van der Waals surface area contributed by atoms with Gasteiger partial charge in [-0.05, 0) is 128 Å². The van der Waals surface area contributed by atoms with Gasteiger partial charge in [-0.1, -0.05) is 95.1 Å². The third-order valence-electron chi connectivity index (χ3n) is 11.1. The fourth-order valence-electron chi connectivity index (χ4n) is 9.09. The molecule has 0 aromatic heterocycles. The van der Waals surface area contributed by atoms with Gasteiger partial charge in [-0.25, -0.2) is 20.0 Å². The summed E-state index contributed by atoms with van der Waals surface area (Å²) in [6, 6.07) is 26.8. The number of aliphatic imine (C=N–C) groups is 4. The molecule has 4 nitrogen and oxygen atoms in total. The van der Waals surface area contributed by atoms with Crippen LogP contribution in [-0.2, 0) is 0 Å². The molecule has 0 radical (unpaired) electrons. The van der Waals surface area contributed by atoms with Crippen LogP contribution in [0.3, 0.4) is 0 Å². The van der Waals surface area contributed by atoms with E-state index in [1.165, 1.54) is 33.0 Å². The highest BCUT2D eigenvalue weighted by atomic mass is 14.9. The van der Waals surface area contributed by atoms with Crippen molar-refractivity contribution in [1.29, 1.82) is 0 Å². The third kappa shape index (κ3) is 5.76. The summed E-state index contributed by atoms with van der Waals surface area (Å²) in [5.74, 6) is 0. The number of hydrogen-bond acceptors (Lipinski definition) is 4. The molecule has 6 aromatic carbocycles. The Hall–Kier alpha value is -5.74. The molecule has 0 saturated heterocycles. The predicted molar refractivity (Wildman–Crippen MR) is 231 cm³/mol.